The van der Waals surface area contributed by atoms with Gasteiger partial charge in [-0.2, -0.15) is 8.42 Å². The normalized spacial score (nSPS) is 20.4. The molecule has 4 rings (SSSR count). The predicted octanol–water partition coefficient (Wildman–Crippen LogP) is 3.48. The van der Waals surface area contributed by atoms with Crippen LogP contribution in [0.4, 0.5) is 0 Å². The molecular weight excluding hydrogens is 390 g/mol. The highest BCUT2D eigenvalue weighted by atomic mass is 35.5. The molecule has 1 unspecified atom stereocenters. The van der Waals surface area contributed by atoms with E-state index in [1.54, 1.807) is 24.3 Å². The van der Waals surface area contributed by atoms with Crippen LogP contribution in [0.5, 0.6) is 0 Å². The second-order valence-corrected chi connectivity index (χ2v) is 8.44. The van der Waals surface area contributed by atoms with Crippen LogP contribution in [0, 0.1) is 6.92 Å². The summed E-state index contributed by atoms with van der Waals surface area (Å²) in [4.78, 5) is 8.37. The molecule has 0 bridgehead atoms. The van der Waals surface area contributed by atoms with Crippen molar-refractivity contribution in [1.29, 1.82) is 0 Å². The van der Waals surface area contributed by atoms with Crippen molar-refractivity contribution in [3.63, 3.8) is 0 Å². The van der Waals surface area contributed by atoms with Gasteiger partial charge >= 0.3 is 0 Å². The maximum atomic E-state index is 12.3. The highest BCUT2D eigenvalue weighted by molar-refractivity contribution is 7.86. The first-order chi connectivity index (χ1) is 12.9. The van der Waals surface area contributed by atoms with Crippen LogP contribution in [0.1, 0.15) is 24.6 Å². The van der Waals surface area contributed by atoms with Crippen LogP contribution >= 0.6 is 11.6 Å². The van der Waals surface area contributed by atoms with Crippen molar-refractivity contribution < 1.29 is 17.3 Å². The third-order valence-corrected chi connectivity index (χ3v) is 6.17. The van der Waals surface area contributed by atoms with Gasteiger partial charge in [0.1, 0.15) is 23.4 Å². The number of aryl methyl sites for hydroxylation is 1. The summed E-state index contributed by atoms with van der Waals surface area (Å²) in [6, 6.07) is 8.40. The lowest BCUT2D eigenvalue weighted by Crippen LogP contribution is -2.19. The van der Waals surface area contributed by atoms with E-state index in [9.17, 15) is 8.42 Å². The quantitative estimate of drug-likeness (QED) is 0.475. The lowest BCUT2D eigenvalue weighted by molar-refractivity contribution is -0.0146. The largest absolute Gasteiger partial charge is 0.352 e. The summed E-state index contributed by atoms with van der Waals surface area (Å²) >= 11 is 6.08. The molecule has 2 atom stereocenters. The van der Waals surface area contributed by atoms with Crippen molar-refractivity contribution >= 4 is 32.8 Å². The summed E-state index contributed by atoms with van der Waals surface area (Å²) in [6.07, 6.45) is 4.11. The van der Waals surface area contributed by atoms with Gasteiger partial charge in [0.2, 0.25) is 0 Å². The van der Waals surface area contributed by atoms with E-state index in [1.165, 1.54) is 6.33 Å². The molecule has 9 heteroatoms. The van der Waals surface area contributed by atoms with Gasteiger partial charge in [-0.3, -0.25) is 4.18 Å². The van der Waals surface area contributed by atoms with Crippen molar-refractivity contribution in [3.05, 3.63) is 53.6 Å². The molecule has 0 aliphatic carbocycles. The second-order valence-electron chi connectivity index (χ2n) is 6.47. The SMILES string of the molecule is Cc1ccc(S(=O)(=O)OC[C@@H]2CCC(n3ccc4c(Cl)ncnc43)O2)cc1. The standard InChI is InChI=1S/C18H18ClN3O4S/c1-12-2-5-14(6-3-12)27(23,24)25-10-13-4-7-16(26-13)22-9-8-15-17(19)20-11-21-18(15)22/h2-3,5-6,8-9,11,13,16H,4,7,10H2,1H3/t13-,16?/m0/s1. The van der Waals surface area contributed by atoms with Crippen LogP contribution in [0.2, 0.25) is 5.15 Å². The molecule has 0 spiro atoms. The number of ether oxygens (including phenoxy) is 1. The van der Waals surface area contributed by atoms with Gasteiger partial charge in [0.05, 0.1) is 23.0 Å². The number of benzene rings is 1. The molecule has 2 aromatic heterocycles. The van der Waals surface area contributed by atoms with Crippen LogP contribution in [-0.4, -0.2) is 35.7 Å². The summed E-state index contributed by atoms with van der Waals surface area (Å²) < 4.78 is 37.7. The highest BCUT2D eigenvalue weighted by Crippen LogP contribution is 2.32. The van der Waals surface area contributed by atoms with Gasteiger partial charge in [0.25, 0.3) is 10.1 Å². The van der Waals surface area contributed by atoms with Gasteiger partial charge in [-0.05, 0) is 38.0 Å². The molecule has 142 valence electrons. The van der Waals surface area contributed by atoms with Gasteiger partial charge < -0.3 is 9.30 Å². The zero-order valence-corrected chi connectivity index (χ0v) is 16.2. The Bertz CT molecular complexity index is 1070. The van der Waals surface area contributed by atoms with Crippen molar-refractivity contribution in [3.8, 4) is 0 Å². The van der Waals surface area contributed by atoms with E-state index in [2.05, 4.69) is 9.97 Å². The first-order valence-corrected chi connectivity index (χ1v) is 10.3. The third-order valence-electron chi connectivity index (χ3n) is 4.57. The van der Waals surface area contributed by atoms with Crippen LogP contribution in [0.15, 0.2) is 47.8 Å². The number of halogens is 1. The molecule has 0 amide bonds. The van der Waals surface area contributed by atoms with E-state index in [4.69, 9.17) is 20.5 Å². The minimum Gasteiger partial charge on any atom is -0.352 e. The topological polar surface area (TPSA) is 83.3 Å². The maximum Gasteiger partial charge on any atom is 0.297 e. The Morgan fingerprint density at radius 3 is 2.78 bits per heavy atom. The molecule has 1 aliphatic heterocycles. The second kappa shape index (κ2) is 7.20. The number of nitrogens with zero attached hydrogens (tertiary/aromatic N) is 3. The van der Waals surface area contributed by atoms with Crippen LogP contribution in [0.25, 0.3) is 11.0 Å². The van der Waals surface area contributed by atoms with E-state index in [-0.39, 0.29) is 23.8 Å². The summed E-state index contributed by atoms with van der Waals surface area (Å²) in [5.41, 5.74) is 1.67. The van der Waals surface area contributed by atoms with Gasteiger partial charge in [-0.25, -0.2) is 9.97 Å². The zero-order chi connectivity index (χ0) is 19.0. The molecule has 27 heavy (non-hydrogen) atoms. The Hall–Kier alpha value is -2.00. The minimum atomic E-state index is -3.80. The zero-order valence-electron chi connectivity index (χ0n) is 14.6. The van der Waals surface area contributed by atoms with Gasteiger partial charge in [0.15, 0.2) is 0 Å². The number of hydrogen-bond acceptors (Lipinski definition) is 6. The molecular formula is C18H18ClN3O4S. The molecule has 1 saturated heterocycles. The lowest BCUT2D eigenvalue weighted by atomic mass is 10.2. The molecule has 0 saturated carbocycles. The molecule has 7 nitrogen and oxygen atoms in total. The van der Waals surface area contributed by atoms with Crippen molar-refractivity contribution in [1.82, 2.24) is 14.5 Å². The average molecular weight is 408 g/mol. The first-order valence-electron chi connectivity index (χ1n) is 8.52. The summed E-state index contributed by atoms with van der Waals surface area (Å²) in [5, 5.41) is 1.14. The molecule has 1 aliphatic rings. The third kappa shape index (κ3) is 3.70. The summed E-state index contributed by atoms with van der Waals surface area (Å²) in [7, 11) is -3.80. The van der Waals surface area contributed by atoms with Crippen molar-refractivity contribution in [2.75, 3.05) is 6.61 Å². The fraction of sp³-hybridized carbons (Fsp3) is 0.333. The van der Waals surface area contributed by atoms with Crippen LogP contribution in [-0.2, 0) is 19.0 Å². The van der Waals surface area contributed by atoms with Gasteiger partial charge in [0, 0.05) is 6.20 Å². The molecule has 1 fully saturated rings. The average Bonchev–Trinajstić information content (AvgIpc) is 3.28. The molecule has 1 aromatic carbocycles. The number of rotatable bonds is 5. The summed E-state index contributed by atoms with van der Waals surface area (Å²) in [5.74, 6) is 0. The van der Waals surface area contributed by atoms with Crippen molar-refractivity contribution in [2.24, 2.45) is 0 Å². The highest BCUT2D eigenvalue weighted by Gasteiger charge is 2.29. The smallest absolute Gasteiger partial charge is 0.297 e. The number of aromatic nitrogens is 3. The maximum absolute atomic E-state index is 12.3. The van der Waals surface area contributed by atoms with Gasteiger partial charge in [-0.1, -0.05) is 29.3 Å². The Morgan fingerprint density at radius 2 is 2.00 bits per heavy atom. The Balaban J connectivity index is 1.42. The van der Waals surface area contributed by atoms with E-state index < -0.39 is 10.1 Å². The monoisotopic (exact) mass is 407 g/mol. The summed E-state index contributed by atoms with van der Waals surface area (Å²) in [6.45, 7) is 1.87. The molecule has 0 N–H and O–H groups in total. The molecule has 3 heterocycles. The lowest BCUT2D eigenvalue weighted by Gasteiger charge is -2.16. The number of fused-ring (bicyclic) bond motifs is 1. The first kappa shape index (κ1) is 18.4. The fourth-order valence-corrected chi connectivity index (χ4v) is 4.25. The predicted molar refractivity (Wildman–Crippen MR) is 100.0 cm³/mol. The fourth-order valence-electron chi connectivity index (χ4n) is 3.12. The van der Waals surface area contributed by atoms with Crippen LogP contribution in [0.3, 0.4) is 0 Å². The minimum absolute atomic E-state index is 0.0261. The molecule has 3 aromatic rings. The Morgan fingerprint density at radius 1 is 1.22 bits per heavy atom. The Kier molecular flexibility index (Phi) is 4.90. The number of hydrogen-bond donors (Lipinski definition) is 0. The molecule has 0 radical (unpaired) electrons. The van der Waals surface area contributed by atoms with Crippen molar-refractivity contribution in [2.45, 2.75) is 37.0 Å². The Labute approximate surface area is 162 Å². The van der Waals surface area contributed by atoms with E-state index in [0.29, 0.717) is 17.2 Å². The van der Waals surface area contributed by atoms with E-state index >= 15 is 0 Å². The van der Waals surface area contributed by atoms with E-state index in [0.717, 1.165) is 17.4 Å². The van der Waals surface area contributed by atoms with E-state index in [1.807, 2.05) is 23.8 Å². The van der Waals surface area contributed by atoms with Crippen LogP contribution < -0.4 is 0 Å². The van der Waals surface area contributed by atoms with Gasteiger partial charge in [-0.15, -0.1) is 0 Å².